The minimum absolute atomic E-state index is 0.0257. The summed E-state index contributed by atoms with van der Waals surface area (Å²) >= 11 is 0. The lowest BCUT2D eigenvalue weighted by Crippen LogP contribution is -2.33. The van der Waals surface area contributed by atoms with Gasteiger partial charge in [0.15, 0.2) is 0 Å². The van der Waals surface area contributed by atoms with E-state index < -0.39 is 6.10 Å². The summed E-state index contributed by atoms with van der Waals surface area (Å²) in [7, 11) is 0. The van der Waals surface area contributed by atoms with Crippen molar-refractivity contribution in [3.05, 3.63) is 12.2 Å². The molecule has 0 heterocycles. The average Bonchev–Trinajstić information content (AvgIpc) is 1.99. The van der Waals surface area contributed by atoms with Crippen LogP contribution in [-0.4, -0.2) is 22.9 Å². The molecule has 0 saturated carbocycles. The molecule has 72 valence electrons. The second-order valence-corrected chi connectivity index (χ2v) is 3.95. The Hall–Kier alpha value is -0.340. The molecule has 0 bridgehead atoms. The molecule has 2 atom stereocenters. The van der Waals surface area contributed by atoms with Crippen molar-refractivity contribution in [2.24, 2.45) is 5.41 Å². The molecule has 0 radical (unpaired) electrons. The first-order valence-electron chi connectivity index (χ1n) is 4.35. The van der Waals surface area contributed by atoms with E-state index in [0.717, 1.165) is 18.4 Å². The summed E-state index contributed by atoms with van der Waals surface area (Å²) in [5.74, 6) is 0. The van der Waals surface area contributed by atoms with Crippen molar-refractivity contribution in [3.63, 3.8) is 0 Å². The summed E-state index contributed by atoms with van der Waals surface area (Å²) in [6.07, 6.45) is 1.18. The fourth-order valence-electron chi connectivity index (χ4n) is 0.919. The van der Waals surface area contributed by atoms with Crippen LogP contribution in [0.1, 0.15) is 33.6 Å². The first kappa shape index (κ1) is 11.7. The smallest absolute Gasteiger partial charge is 0.0587 e. The van der Waals surface area contributed by atoms with Crippen LogP contribution in [0.2, 0.25) is 0 Å². The van der Waals surface area contributed by atoms with Crippen molar-refractivity contribution in [3.8, 4) is 0 Å². The SMILES string of the molecule is C=C(C)CCC(C)(CO)C(C)O. The molecule has 0 aliphatic carbocycles. The number of hydrogen-bond donors (Lipinski definition) is 2. The van der Waals surface area contributed by atoms with E-state index >= 15 is 0 Å². The van der Waals surface area contributed by atoms with Crippen molar-refractivity contribution >= 4 is 0 Å². The average molecular weight is 172 g/mol. The Balaban J connectivity index is 4.05. The monoisotopic (exact) mass is 172 g/mol. The van der Waals surface area contributed by atoms with Crippen LogP contribution in [0.4, 0.5) is 0 Å². The number of rotatable bonds is 5. The van der Waals surface area contributed by atoms with E-state index in [-0.39, 0.29) is 12.0 Å². The molecule has 0 amide bonds. The molecule has 0 aromatic carbocycles. The Kier molecular flexibility index (Phi) is 4.50. The Morgan fingerprint density at radius 2 is 2.08 bits per heavy atom. The van der Waals surface area contributed by atoms with Crippen molar-refractivity contribution in [2.75, 3.05) is 6.61 Å². The number of aliphatic hydroxyl groups excluding tert-OH is 2. The fraction of sp³-hybridized carbons (Fsp3) is 0.800. The first-order chi connectivity index (χ1) is 5.42. The molecule has 2 heteroatoms. The van der Waals surface area contributed by atoms with Crippen LogP contribution in [-0.2, 0) is 0 Å². The van der Waals surface area contributed by atoms with Crippen molar-refractivity contribution in [1.82, 2.24) is 0 Å². The third kappa shape index (κ3) is 3.37. The molecule has 2 nitrogen and oxygen atoms in total. The van der Waals surface area contributed by atoms with Crippen LogP contribution in [0.25, 0.3) is 0 Å². The highest BCUT2D eigenvalue weighted by atomic mass is 16.3. The normalized spacial score (nSPS) is 18.4. The summed E-state index contributed by atoms with van der Waals surface area (Å²) in [6.45, 7) is 9.38. The lowest BCUT2D eigenvalue weighted by Gasteiger charge is -2.30. The lowest BCUT2D eigenvalue weighted by molar-refractivity contribution is 0.000918. The lowest BCUT2D eigenvalue weighted by atomic mass is 9.80. The molecular weight excluding hydrogens is 152 g/mol. The highest BCUT2D eigenvalue weighted by Crippen LogP contribution is 2.28. The van der Waals surface area contributed by atoms with Gasteiger partial charge >= 0.3 is 0 Å². The molecule has 0 spiro atoms. The molecule has 0 saturated heterocycles. The zero-order valence-electron chi connectivity index (χ0n) is 8.30. The Bertz CT molecular complexity index is 152. The standard InChI is InChI=1S/C10H20O2/c1-8(2)5-6-10(4,7-11)9(3)12/h9,11-12H,1,5-7H2,2-4H3. The molecule has 0 aromatic heterocycles. The van der Waals surface area contributed by atoms with E-state index in [2.05, 4.69) is 6.58 Å². The third-order valence-electron chi connectivity index (χ3n) is 2.49. The maximum atomic E-state index is 9.39. The van der Waals surface area contributed by atoms with E-state index in [1.807, 2.05) is 13.8 Å². The van der Waals surface area contributed by atoms with Gasteiger partial charge in [0.2, 0.25) is 0 Å². The van der Waals surface area contributed by atoms with Gasteiger partial charge in [-0.05, 0) is 26.7 Å². The van der Waals surface area contributed by atoms with Gasteiger partial charge in [-0.3, -0.25) is 0 Å². The van der Waals surface area contributed by atoms with Crippen molar-refractivity contribution < 1.29 is 10.2 Å². The summed E-state index contributed by atoms with van der Waals surface area (Å²) in [4.78, 5) is 0. The Labute approximate surface area is 74.9 Å². The van der Waals surface area contributed by atoms with Crippen molar-refractivity contribution in [1.29, 1.82) is 0 Å². The van der Waals surface area contributed by atoms with Crippen LogP contribution in [0.15, 0.2) is 12.2 Å². The fourth-order valence-corrected chi connectivity index (χ4v) is 0.919. The topological polar surface area (TPSA) is 40.5 Å². The Morgan fingerprint density at radius 1 is 1.58 bits per heavy atom. The minimum atomic E-state index is -0.471. The molecule has 2 unspecified atom stereocenters. The molecule has 0 rings (SSSR count). The zero-order chi connectivity index (χ0) is 9.78. The van der Waals surface area contributed by atoms with Crippen LogP contribution in [0, 0.1) is 5.41 Å². The van der Waals surface area contributed by atoms with Gasteiger partial charge in [0, 0.05) is 5.41 Å². The maximum Gasteiger partial charge on any atom is 0.0587 e. The number of allylic oxidation sites excluding steroid dienone is 1. The molecule has 0 aliphatic heterocycles. The predicted octanol–water partition coefficient (Wildman–Crippen LogP) is 1.72. The van der Waals surface area contributed by atoms with Gasteiger partial charge in [0.05, 0.1) is 12.7 Å². The van der Waals surface area contributed by atoms with Crippen LogP contribution in [0.3, 0.4) is 0 Å². The number of hydrogen-bond acceptors (Lipinski definition) is 2. The minimum Gasteiger partial charge on any atom is -0.396 e. The van der Waals surface area contributed by atoms with Crippen molar-refractivity contribution in [2.45, 2.75) is 39.7 Å². The summed E-state index contributed by atoms with van der Waals surface area (Å²) < 4.78 is 0. The Morgan fingerprint density at radius 3 is 2.33 bits per heavy atom. The van der Waals surface area contributed by atoms with Gasteiger partial charge in [0.1, 0.15) is 0 Å². The van der Waals surface area contributed by atoms with Crippen LogP contribution < -0.4 is 0 Å². The zero-order valence-corrected chi connectivity index (χ0v) is 8.30. The van der Waals surface area contributed by atoms with Gasteiger partial charge in [0.25, 0.3) is 0 Å². The van der Waals surface area contributed by atoms with Gasteiger partial charge in [-0.25, -0.2) is 0 Å². The second-order valence-electron chi connectivity index (χ2n) is 3.95. The van der Waals surface area contributed by atoms with Gasteiger partial charge < -0.3 is 10.2 Å². The quantitative estimate of drug-likeness (QED) is 0.620. The highest BCUT2D eigenvalue weighted by molar-refractivity contribution is 4.91. The van der Waals surface area contributed by atoms with Crippen LogP contribution >= 0.6 is 0 Å². The van der Waals surface area contributed by atoms with E-state index in [0.29, 0.717) is 0 Å². The van der Waals surface area contributed by atoms with Gasteiger partial charge in [-0.2, -0.15) is 0 Å². The van der Waals surface area contributed by atoms with Gasteiger partial charge in [-0.1, -0.05) is 12.5 Å². The molecule has 0 aromatic rings. The van der Waals surface area contributed by atoms with Gasteiger partial charge in [-0.15, -0.1) is 6.58 Å². The first-order valence-corrected chi connectivity index (χ1v) is 4.35. The largest absolute Gasteiger partial charge is 0.396 e. The molecule has 0 fully saturated rings. The molecule has 0 aliphatic rings. The van der Waals surface area contributed by atoms with E-state index in [9.17, 15) is 5.11 Å². The molecule has 2 N–H and O–H groups in total. The molecular formula is C10H20O2. The summed E-state index contributed by atoms with van der Waals surface area (Å²) in [5, 5.41) is 18.5. The van der Waals surface area contributed by atoms with Crippen LogP contribution in [0.5, 0.6) is 0 Å². The number of aliphatic hydroxyl groups is 2. The second kappa shape index (κ2) is 4.63. The third-order valence-corrected chi connectivity index (χ3v) is 2.49. The van der Waals surface area contributed by atoms with E-state index in [1.54, 1.807) is 6.92 Å². The highest BCUT2D eigenvalue weighted by Gasteiger charge is 2.28. The summed E-state index contributed by atoms with van der Waals surface area (Å²) in [6, 6.07) is 0. The predicted molar refractivity (Wildman–Crippen MR) is 50.9 cm³/mol. The summed E-state index contributed by atoms with van der Waals surface area (Å²) in [5.41, 5.74) is 0.717. The van der Waals surface area contributed by atoms with E-state index in [4.69, 9.17) is 5.11 Å². The van der Waals surface area contributed by atoms with E-state index in [1.165, 1.54) is 0 Å². The molecule has 12 heavy (non-hydrogen) atoms. The maximum absolute atomic E-state index is 9.39.